The Morgan fingerprint density at radius 3 is 2.38 bits per heavy atom. The van der Waals surface area contributed by atoms with Gasteiger partial charge in [-0.1, -0.05) is 59.3 Å². The number of carbonyl (C=O) groups excluding carboxylic acids is 1. The van der Waals surface area contributed by atoms with Gasteiger partial charge in [-0.3, -0.25) is 0 Å². The molecule has 0 amide bonds. The van der Waals surface area contributed by atoms with E-state index in [0.29, 0.717) is 6.61 Å². The van der Waals surface area contributed by atoms with E-state index in [1.807, 2.05) is 0 Å². The van der Waals surface area contributed by atoms with E-state index < -0.39 is 11.8 Å². The van der Waals surface area contributed by atoms with Gasteiger partial charge in [-0.25, -0.2) is 14.2 Å². The number of aromatic nitrogens is 1. The standard InChI is InChI=1S/C15H21BrFNO3.C3H8/c1-2-3-4-5-6-7-10-20-14(19)11-21-13-9-8-12(17)15(16)18-13;1-3-2/h8-9H,2-7,10-11H2,1H3;3H2,1-2H3. The first-order valence-electron chi connectivity index (χ1n) is 8.65. The van der Waals surface area contributed by atoms with Crippen molar-refractivity contribution in [1.82, 2.24) is 4.98 Å². The van der Waals surface area contributed by atoms with Crippen LogP contribution in [0.1, 0.15) is 65.7 Å². The quantitative estimate of drug-likeness (QED) is 0.285. The Kier molecular flexibility index (Phi) is 14.6. The molecular formula is C18H29BrFNO3. The van der Waals surface area contributed by atoms with Crippen molar-refractivity contribution >= 4 is 21.9 Å². The molecule has 24 heavy (non-hydrogen) atoms. The Bertz CT molecular complexity index is 458. The molecule has 1 rings (SSSR count). The summed E-state index contributed by atoms with van der Waals surface area (Å²) in [5.41, 5.74) is 0. The number of esters is 1. The van der Waals surface area contributed by atoms with E-state index >= 15 is 0 Å². The molecule has 1 aromatic heterocycles. The van der Waals surface area contributed by atoms with Crippen molar-refractivity contribution < 1.29 is 18.7 Å². The Morgan fingerprint density at radius 1 is 1.12 bits per heavy atom. The van der Waals surface area contributed by atoms with Crippen molar-refractivity contribution in [3.63, 3.8) is 0 Å². The number of carbonyl (C=O) groups is 1. The third-order valence-corrected chi connectivity index (χ3v) is 3.43. The zero-order chi connectivity index (χ0) is 18.2. The van der Waals surface area contributed by atoms with E-state index in [4.69, 9.17) is 9.47 Å². The van der Waals surface area contributed by atoms with Crippen molar-refractivity contribution in [1.29, 1.82) is 0 Å². The lowest BCUT2D eigenvalue weighted by atomic mass is 10.1. The number of ether oxygens (including phenoxy) is 2. The summed E-state index contributed by atoms with van der Waals surface area (Å²) >= 11 is 2.95. The molecule has 0 saturated carbocycles. The van der Waals surface area contributed by atoms with Crippen LogP contribution in [0.2, 0.25) is 0 Å². The van der Waals surface area contributed by atoms with Crippen LogP contribution in [-0.4, -0.2) is 24.2 Å². The average Bonchev–Trinajstić information content (AvgIpc) is 2.56. The molecule has 0 aromatic carbocycles. The van der Waals surface area contributed by atoms with Gasteiger partial charge in [0.15, 0.2) is 12.4 Å². The Labute approximate surface area is 153 Å². The maximum absolute atomic E-state index is 13.0. The summed E-state index contributed by atoms with van der Waals surface area (Å²) in [7, 11) is 0. The molecule has 6 heteroatoms. The van der Waals surface area contributed by atoms with Gasteiger partial charge < -0.3 is 9.47 Å². The molecule has 1 aromatic rings. The zero-order valence-corrected chi connectivity index (χ0v) is 16.5. The molecule has 1 heterocycles. The van der Waals surface area contributed by atoms with E-state index in [0.717, 1.165) is 12.8 Å². The monoisotopic (exact) mass is 405 g/mol. The van der Waals surface area contributed by atoms with Crippen LogP contribution >= 0.6 is 15.9 Å². The van der Waals surface area contributed by atoms with Gasteiger partial charge in [0.2, 0.25) is 5.88 Å². The molecule has 0 radical (unpaired) electrons. The van der Waals surface area contributed by atoms with Crippen LogP contribution in [0.25, 0.3) is 0 Å². The molecule has 0 aliphatic rings. The largest absolute Gasteiger partial charge is 0.466 e. The SMILES string of the molecule is CCC.CCCCCCCCOC(=O)COc1ccc(F)c(Br)n1. The number of rotatable bonds is 10. The molecule has 0 unspecified atom stereocenters. The molecule has 0 fully saturated rings. The van der Waals surface area contributed by atoms with Gasteiger partial charge in [0.05, 0.1) is 6.61 Å². The van der Waals surface area contributed by atoms with Crippen LogP contribution in [0.4, 0.5) is 4.39 Å². The predicted octanol–water partition coefficient (Wildman–Crippen LogP) is 5.68. The highest BCUT2D eigenvalue weighted by molar-refractivity contribution is 9.10. The maximum Gasteiger partial charge on any atom is 0.344 e. The minimum absolute atomic E-state index is 0.0560. The molecular weight excluding hydrogens is 377 g/mol. The lowest BCUT2D eigenvalue weighted by Crippen LogP contribution is -2.16. The van der Waals surface area contributed by atoms with Crippen LogP contribution in [0.5, 0.6) is 5.88 Å². The molecule has 0 aliphatic heterocycles. The lowest BCUT2D eigenvalue weighted by Gasteiger charge is -2.07. The summed E-state index contributed by atoms with van der Waals surface area (Å²) in [6.45, 7) is 6.62. The molecule has 0 N–H and O–H groups in total. The van der Waals surface area contributed by atoms with E-state index in [9.17, 15) is 9.18 Å². The van der Waals surface area contributed by atoms with Crippen LogP contribution in [-0.2, 0) is 9.53 Å². The van der Waals surface area contributed by atoms with Gasteiger partial charge >= 0.3 is 5.97 Å². The number of nitrogens with zero attached hydrogens (tertiary/aromatic N) is 1. The van der Waals surface area contributed by atoms with Crippen molar-refractivity contribution in [2.45, 2.75) is 65.7 Å². The second kappa shape index (κ2) is 15.4. The van der Waals surface area contributed by atoms with Gasteiger partial charge in [0.1, 0.15) is 4.60 Å². The van der Waals surface area contributed by atoms with Crippen LogP contribution < -0.4 is 4.74 Å². The summed E-state index contributed by atoms with van der Waals surface area (Å²) in [6, 6.07) is 2.58. The van der Waals surface area contributed by atoms with Gasteiger partial charge in [0.25, 0.3) is 0 Å². The highest BCUT2D eigenvalue weighted by Crippen LogP contribution is 2.16. The van der Waals surface area contributed by atoms with Gasteiger partial charge in [-0.15, -0.1) is 0 Å². The normalized spacial score (nSPS) is 9.88. The first-order chi connectivity index (χ1) is 11.5. The fourth-order valence-corrected chi connectivity index (χ4v) is 2.03. The molecule has 4 nitrogen and oxygen atoms in total. The molecule has 138 valence electrons. The number of hydrogen-bond donors (Lipinski definition) is 0. The van der Waals surface area contributed by atoms with Crippen molar-refractivity contribution in [2.24, 2.45) is 0 Å². The smallest absolute Gasteiger partial charge is 0.344 e. The number of pyridine rings is 1. The Hall–Kier alpha value is -1.17. The Balaban J connectivity index is 0.00000163. The summed E-state index contributed by atoms with van der Waals surface area (Å²) in [6.07, 6.45) is 8.08. The first kappa shape index (κ1) is 22.8. The van der Waals surface area contributed by atoms with E-state index in [1.54, 1.807) is 0 Å². The molecule has 0 aliphatic carbocycles. The molecule has 0 atom stereocenters. The Morgan fingerprint density at radius 2 is 1.75 bits per heavy atom. The second-order valence-corrected chi connectivity index (χ2v) is 6.16. The second-order valence-electron chi connectivity index (χ2n) is 5.41. The van der Waals surface area contributed by atoms with Crippen molar-refractivity contribution in [3.8, 4) is 5.88 Å². The lowest BCUT2D eigenvalue weighted by molar-refractivity contribution is -0.146. The van der Waals surface area contributed by atoms with Crippen molar-refractivity contribution in [2.75, 3.05) is 13.2 Å². The maximum atomic E-state index is 13.0. The summed E-state index contributed by atoms with van der Waals surface area (Å²) in [5, 5.41) is 0. The number of hydrogen-bond acceptors (Lipinski definition) is 4. The first-order valence-corrected chi connectivity index (χ1v) is 9.44. The topological polar surface area (TPSA) is 48.4 Å². The highest BCUT2D eigenvalue weighted by Gasteiger charge is 2.07. The molecule has 0 saturated heterocycles. The fourth-order valence-electron chi connectivity index (χ4n) is 1.72. The van der Waals surface area contributed by atoms with Gasteiger partial charge in [-0.2, -0.15) is 0 Å². The third kappa shape index (κ3) is 12.3. The predicted molar refractivity (Wildman–Crippen MR) is 97.7 cm³/mol. The highest BCUT2D eigenvalue weighted by atomic mass is 79.9. The summed E-state index contributed by atoms with van der Waals surface area (Å²) in [4.78, 5) is 15.2. The summed E-state index contributed by atoms with van der Waals surface area (Å²) < 4.78 is 23.2. The minimum atomic E-state index is -0.479. The minimum Gasteiger partial charge on any atom is -0.466 e. The van der Waals surface area contributed by atoms with Crippen LogP contribution in [0.15, 0.2) is 16.7 Å². The van der Waals surface area contributed by atoms with Crippen molar-refractivity contribution in [3.05, 3.63) is 22.6 Å². The molecule has 0 bridgehead atoms. The van der Waals surface area contributed by atoms with E-state index in [1.165, 1.54) is 44.2 Å². The zero-order valence-electron chi connectivity index (χ0n) is 14.9. The summed E-state index contributed by atoms with van der Waals surface area (Å²) in [5.74, 6) is -0.737. The number of unbranched alkanes of at least 4 members (excludes halogenated alkanes) is 5. The van der Waals surface area contributed by atoms with Crippen LogP contribution in [0.3, 0.4) is 0 Å². The molecule has 0 spiro atoms. The van der Waals surface area contributed by atoms with E-state index in [-0.39, 0.29) is 17.1 Å². The third-order valence-electron chi connectivity index (χ3n) is 2.88. The fraction of sp³-hybridized carbons (Fsp3) is 0.667. The van der Waals surface area contributed by atoms with Gasteiger partial charge in [-0.05, 0) is 28.4 Å². The van der Waals surface area contributed by atoms with Crippen LogP contribution in [0, 0.1) is 5.82 Å². The number of halogens is 2. The van der Waals surface area contributed by atoms with E-state index in [2.05, 4.69) is 41.7 Å². The average molecular weight is 406 g/mol. The van der Waals surface area contributed by atoms with Gasteiger partial charge in [0, 0.05) is 6.07 Å².